The molecule has 1 aromatic rings. The molecule has 4 nitrogen and oxygen atoms in total. The van der Waals surface area contributed by atoms with Crippen molar-refractivity contribution >= 4 is 46.8 Å². The first-order valence-corrected chi connectivity index (χ1v) is 7.36. The van der Waals surface area contributed by atoms with E-state index in [0.29, 0.717) is 22.2 Å². The monoisotopic (exact) mass is 319 g/mol. The Labute approximate surface area is 124 Å². The minimum atomic E-state index is -1.01. The summed E-state index contributed by atoms with van der Waals surface area (Å²) in [6.07, 6.45) is 0.457. The van der Waals surface area contributed by atoms with Crippen LogP contribution in [-0.4, -0.2) is 34.0 Å². The predicted molar refractivity (Wildman–Crippen MR) is 76.0 cm³/mol. The number of halogens is 2. The standard InChI is InChI=1S/C12H11Cl2NO3S/c13-7-2-1-6(8(14)4-7)3-10-11(16)15-9(5-19-10)12(17)18/h1-2,4,9-10H,3,5H2,(H,15,16)(H,17,18). The Morgan fingerprint density at radius 3 is 2.79 bits per heavy atom. The maximum absolute atomic E-state index is 11.8. The smallest absolute Gasteiger partial charge is 0.327 e. The number of aliphatic carboxylic acids is 1. The van der Waals surface area contributed by atoms with Crippen LogP contribution < -0.4 is 5.32 Å². The van der Waals surface area contributed by atoms with Crippen LogP contribution in [-0.2, 0) is 16.0 Å². The van der Waals surface area contributed by atoms with Gasteiger partial charge in [-0.3, -0.25) is 4.79 Å². The van der Waals surface area contributed by atoms with Gasteiger partial charge in [0.1, 0.15) is 6.04 Å². The Bertz CT molecular complexity index is 524. The van der Waals surface area contributed by atoms with E-state index in [0.717, 1.165) is 5.56 Å². The summed E-state index contributed by atoms with van der Waals surface area (Å²) in [5, 5.41) is 12.1. The third-order valence-corrected chi connectivity index (χ3v) is 4.69. The fourth-order valence-corrected chi connectivity index (χ4v) is 3.42. The van der Waals surface area contributed by atoms with Crippen LogP contribution in [0.2, 0.25) is 10.0 Å². The second-order valence-electron chi connectivity index (χ2n) is 4.16. The molecule has 2 rings (SSSR count). The Balaban J connectivity index is 2.04. The molecule has 1 aliphatic heterocycles. The summed E-state index contributed by atoms with van der Waals surface area (Å²) in [5.41, 5.74) is 0.826. The topological polar surface area (TPSA) is 66.4 Å². The molecule has 2 N–H and O–H groups in total. The van der Waals surface area contributed by atoms with Crippen LogP contribution in [0.1, 0.15) is 5.56 Å². The minimum absolute atomic E-state index is 0.269. The van der Waals surface area contributed by atoms with Crippen molar-refractivity contribution in [3.05, 3.63) is 33.8 Å². The first-order chi connectivity index (χ1) is 8.97. The Morgan fingerprint density at radius 1 is 1.47 bits per heavy atom. The quantitative estimate of drug-likeness (QED) is 0.896. The Hall–Kier alpha value is -0.910. The summed E-state index contributed by atoms with van der Waals surface area (Å²) in [7, 11) is 0. The summed E-state index contributed by atoms with van der Waals surface area (Å²) >= 11 is 13.2. The molecule has 0 spiro atoms. The molecule has 0 saturated carbocycles. The van der Waals surface area contributed by atoms with Gasteiger partial charge >= 0.3 is 5.97 Å². The molecule has 1 aliphatic rings. The van der Waals surface area contributed by atoms with Gasteiger partial charge in [-0.1, -0.05) is 29.3 Å². The van der Waals surface area contributed by atoms with Gasteiger partial charge in [-0.15, -0.1) is 11.8 Å². The van der Waals surface area contributed by atoms with Gasteiger partial charge in [0, 0.05) is 15.8 Å². The fraction of sp³-hybridized carbons (Fsp3) is 0.333. The van der Waals surface area contributed by atoms with Gasteiger partial charge in [0.2, 0.25) is 5.91 Å². The van der Waals surface area contributed by atoms with Crippen molar-refractivity contribution in [2.75, 3.05) is 5.75 Å². The average Bonchev–Trinajstić information content (AvgIpc) is 2.34. The highest BCUT2D eigenvalue weighted by molar-refractivity contribution is 8.00. The van der Waals surface area contributed by atoms with Gasteiger partial charge < -0.3 is 10.4 Å². The van der Waals surface area contributed by atoms with Crippen molar-refractivity contribution in [2.24, 2.45) is 0 Å². The van der Waals surface area contributed by atoms with Gasteiger partial charge in [0.05, 0.1) is 5.25 Å². The fourth-order valence-electron chi connectivity index (χ4n) is 1.77. The average molecular weight is 320 g/mol. The van der Waals surface area contributed by atoms with Crippen LogP contribution >= 0.6 is 35.0 Å². The number of rotatable bonds is 3. The van der Waals surface area contributed by atoms with E-state index < -0.39 is 12.0 Å². The number of nitrogens with one attached hydrogen (secondary N) is 1. The van der Waals surface area contributed by atoms with Crippen LogP contribution in [0.15, 0.2) is 18.2 Å². The zero-order valence-corrected chi connectivity index (χ0v) is 12.1. The maximum Gasteiger partial charge on any atom is 0.327 e. The third-order valence-electron chi connectivity index (χ3n) is 2.79. The Morgan fingerprint density at radius 2 is 2.21 bits per heavy atom. The number of carbonyl (C=O) groups is 2. The molecule has 7 heteroatoms. The summed E-state index contributed by atoms with van der Waals surface area (Å²) in [6.45, 7) is 0. The first kappa shape index (κ1) is 14.5. The SMILES string of the molecule is O=C(O)C1CSC(Cc2ccc(Cl)cc2Cl)C(=O)N1. The minimum Gasteiger partial charge on any atom is -0.480 e. The highest BCUT2D eigenvalue weighted by Gasteiger charge is 2.32. The number of carboxylic acids is 1. The van der Waals surface area contributed by atoms with Crippen LogP contribution in [0, 0.1) is 0 Å². The molecule has 102 valence electrons. The van der Waals surface area contributed by atoms with E-state index in [2.05, 4.69) is 5.32 Å². The zero-order chi connectivity index (χ0) is 14.0. The van der Waals surface area contributed by atoms with Gasteiger partial charge in [-0.05, 0) is 24.1 Å². The number of benzene rings is 1. The van der Waals surface area contributed by atoms with E-state index in [1.165, 1.54) is 11.8 Å². The summed E-state index contributed by atoms with van der Waals surface area (Å²) in [4.78, 5) is 22.6. The number of hydrogen-bond acceptors (Lipinski definition) is 3. The summed E-state index contributed by atoms with van der Waals surface area (Å²) < 4.78 is 0. The lowest BCUT2D eigenvalue weighted by atomic mass is 10.1. The molecule has 1 fully saturated rings. The van der Waals surface area contributed by atoms with E-state index in [9.17, 15) is 9.59 Å². The molecular formula is C12H11Cl2NO3S. The van der Waals surface area contributed by atoms with Crippen molar-refractivity contribution in [2.45, 2.75) is 17.7 Å². The number of carbonyl (C=O) groups excluding carboxylic acids is 1. The van der Waals surface area contributed by atoms with E-state index in [4.69, 9.17) is 28.3 Å². The molecule has 1 amide bonds. The second kappa shape index (κ2) is 6.03. The summed E-state index contributed by atoms with van der Waals surface area (Å²) in [6, 6.07) is 4.31. The molecule has 1 aromatic carbocycles. The normalized spacial score (nSPS) is 22.9. The van der Waals surface area contributed by atoms with Gasteiger partial charge in [-0.2, -0.15) is 0 Å². The van der Waals surface area contributed by atoms with E-state index >= 15 is 0 Å². The lowest BCUT2D eigenvalue weighted by Gasteiger charge is -2.26. The Kier molecular flexibility index (Phi) is 4.60. The first-order valence-electron chi connectivity index (χ1n) is 5.56. The lowest BCUT2D eigenvalue weighted by molar-refractivity contribution is -0.141. The van der Waals surface area contributed by atoms with Crippen molar-refractivity contribution in [1.29, 1.82) is 0 Å². The third kappa shape index (κ3) is 3.55. The van der Waals surface area contributed by atoms with Crippen molar-refractivity contribution in [3.8, 4) is 0 Å². The van der Waals surface area contributed by atoms with Crippen LogP contribution in [0.4, 0.5) is 0 Å². The van der Waals surface area contributed by atoms with Crippen LogP contribution in [0.3, 0.4) is 0 Å². The lowest BCUT2D eigenvalue weighted by Crippen LogP contribution is -2.51. The molecule has 1 heterocycles. The van der Waals surface area contributed by atoms with E-state index in [1.54, 1.807) is 18.2 Å². The molecule has 19 heavy (non-hydrogen) atoms. The second-order valence-corrected chi connectivity index (χ2v) is 6.24. The maximum atomic E-state index is 11.8. The molecule has 0 aliphatic carbocycles. The molecular weight excluding hydrogens is 309 g/mol. The van der Waals surface area contributed by atoms with Crippen molar-refractivity contribution in [1.82, 2.24) is 5.32 Å². The van der Waals surface area contributed by atoms with E-state index in [-0.39, 0.29) is 11.2 Å². The molecule has 0 radical (unpaired) electrons. The predicted octanol–water partition coefficient (Wildman–Crippen LogP) is 2.22. The molecule has 2 atom stereocenters. The number of thioether (sulfide) groups is 1. The van der Waals surface area contributed by atoms with Gasteiger partial charge in [0.25, 0.3) is 0 Å². The number of hydrogen-bond donors (Lipinski definition) is 2. The van der Waals surface area contributed by atoms with Crippen molar-refractivity contribution < 1.29 is 14.7 Å². The molecule has 0 aromatic heterocycles. The van der Waals surface area contributed by atoms with Crippen LogP contribution in [0.25, 0.3) is 0 Å². The summed E-state index contributed by atoms with van der Waals surface area (Å²) in [5.74, 6) is -0.921. The number of amides is 1. The van der Waals surface area contributed by atoms with E-state index in [1.807, 2.05) is 0 Å². The van der Waals surface area contributed by atoms with Gasteiger partial charge in [0.15, 0.2) is 0 Å². The molecule has 2 unspecified atom stereocenters. The number of carboxylic acid groups (broad SMARTS) is 1. The highest BCUT2D eigenvalue weighted by Crippen LogP contribution is 2.27. The zero-order valence-electron chi connectivity index (χ0n) is 9.73. The highest BCUT2D eigenvalue weighted by atomic mass is 35.5. The van der Waals surface area contributed by atoms with Gasteiger partial charge in [-0.25, -0.2) is 4.79 Å². The molecule has 0 bridgehead atoms. The largest absolute Gasteiger partial charge is 0.480 e. The van der Waals surface area contributed by atoms with Crippen LogP contribution in [0.5, 0.6) is 0 Å². The van der Waals surface area contributed by atoms with Crippen molar-refractivity contribution in [3.63, 3.8) is 0 Å². The molecule has 1 saturated heterocycles.